The lowest BCUT2D eigenvalue weighted by Gasteiger charge is -2.08. The molecule has 0 fully saturated rings. The molecule has 0 heterocycles. The average molecular weight is 252 g/mol. The van der Waals surface area contributed by atoms with Crippen LogP contribution in [0.2, 0.25) is 0 Å². The van der Waals surface area contributed by atoms with Crippen LogP contribution >= 0.6 is 34.4 Å². The Kier molecular flexibility index (Phi) is 8.49. The topological polar surface area (TPSA) is 3.24 Å². The van der Waals surface area contributed by atoms with Crippen molar-refractivity contribution in [3.8, 4) is 0 Å². The molecule has 1 aromatic rings. The Hall–Kier alpha value is 0.115. The van der Waals surface area contributed by atoms with Crippen molar-refractivity contribution in [2.75, 3.05) is 14.1 Å². The molecule has 0 saturated carbocycles. The standard InChI is InChI=1S/C9H13N.BCl3/c1-10(2)8-9-6-4-3-5-7-9;2-1(3)4/h3-7H,8H2,1-2H3;. The van der Waals surface area contributed by atoms with Crippen LogP contribution in [0.15, 0.2) is 30.3 Å². The van der Waals surface area contributed by atoms with Crippen LogP contribution in [0.5, 0.6) is 0 Å². The molecule has 0 unspecified atom stereocenters. The van der Waals surface area contributed by atoms with E-state index in [9.17, 15) is 0 Å². The van der Waals surface area contributed by atoms with Gasteiger partial charge in [-0.1, -0.05) is 30.3 Å². The number of halogens is 3. The van der Waals surface area contributed by atoms with Crippen molar-refractivity contribution in [1.29, 1.82) is 0 Å². The van der Waals surface area contributed by atoms with Crippen molar-refractivity contribution in [1.82, 2.24) is 4.90 Å². The molecule has 0 radical (unpaired) electrons. The highest BCUT2D eigenvalue weighted by Gasteiger charge is 1.91. The molecule has 0 saturated heterocycles. The van der Waals surface area contributed by atoms with E-state index < -0.39 is 4.96 Å². The van der Waals surface area contributed by atoms with Crippen LogP contribution in [0.25, 0.3) is 0 Å². The molecule has 0 aliphatic rings. The van der Waals surface area contributed by atoms with Gasteiger partial charge in [-0.25, -0.2) is 0 Å². The minimum atomic E-state index is -0.750. The van der Waals surface area contributed by atoms with Gasteiger partial charge in [-0.3, -0.25) is 0 Å². The van der Waals surface area contributed by atoms with Crippen molar-refractivity contribution < 1.29 is 0 Å². The van der Waals surface area contributed by atoms with E-state index in [-0.39, 0.29) is 0 Å². The zero-order chi connectivity index (χ0) is 11.0. The van der Waals surface area contributed by atoms with Gasteiger partial charge in [0.2, 0.25) is 0 Å². The predicted molar refractivity (Wildman–Crippen MR) is 67.1 cm³/mol. The summed E-state index contributed by atoms with van der Waals surface area (Å²) in [6, 6.07) is 10.5. The first-order valence-corrected chi connectivity index (χ1v) is 5.44. The number of nitrogens with zero attached hydrogens (tertiary/aromatic N) is 1. The van der Waals surface area contributed by atoms with Crippen molar-refractivity contribution in [2.45, 2.75) is 6.54 Å². The van der Waals surface area contributed by atoms with Crippen LogP contribution in [0, 0.1) is 0 Å². The largest absolute Gasteiger partial charge is 0.450 e. The normalized spacial score (nSPS) is 9.29. The van der Waals surface area contributed by atoms with Crippen LogP contribution < -0.4 is 0 Å². The second-order valence-corrected chi connectivity index (χ2v) is 4.95. The lowest BCUT2D eigenvalue weighted by molar-refractivity contribution is 0.402. The summed E-state index contributed by atoms with van der Waals surface area (Å²) >= 11 is 14.4. The summed E-state index contributed by atoms with van der Waals surface area (Å²) in [7, 11) is 4.15. The first kappa shape index (κ1) is 14.1. The Morgan fingerprint density at radius 1 is 1.07 bits per heavy atom. The monoisotopic (exact) mass is 251 g/mol. The molecule has 1 aromatic carbocycles. The van der Waals surface area contributed by atoms with E-state index in [0.717, 1.165) is 6.54 Å². The van der Waals surface area contributed by atoms with Crippen LogP contribution in [-0.4, -0.2) is 24.0 Å². The molecule has 0 spiro atoms. The Morgan fingerprint density at radius 2 is 1.50 bits per heavy atom. The molecule has 0 bridgehead atoms. The molecular formula is C9H13BCl3N. The third-order valence-corrected chi connectivity index (χ3v) is 1.34. The SMILES string of the molecule is CN(C)Cc1ccccc1.ClB(Cl)Cl. The quantitative estimate of drug-likeness (QED) is 0.729. The summed E-state index contributed by atoms with van der Waals surface area (Å²) < 4.78 is 0. The minimum absolute atomic E-state index is 0.750. The van der Waals surface area contributed by atoms with Gasteiger partial charge in [0.25, 0.3) is 0 Å². The molecule has 0 aliphatic heterocycles. The van der Waals surface area contributed by atoms with Crippen molar-refractivity contribution in [3.05, 3.63) is 35.9 Å². The lowest BCUT2D eigenvalue weighted by atomic mass is 10.2. The molecule has 0 aromatic heterocycles. The predicted octanol–water partition coefficient (Wildman–Crippen LogP) is 3.44. The number of benzene rings is 1. The molecule has 0 atom stereocenters. The molecule has 0 aliphatic carbocycles. The van der Waals surface area contributed by atoms with Crippen molar-refractivity contribution in [3.63, 3.8) is 0 Å². The molecule has 0 N–H and O–H groups in total. The maximum atomic E-state index is 4.81. The van der Waals surface area contributed by atoms with Gasteiger partial charge in [-0.2, -0.15) is 34.4 Å². The summed E-state index contributed by atoms with van der Waals surface area (Å²) in [5, 5.41) is 0. The van der Waals surface area contributed by atoms with Gasteiger partial charge < -0.3 is 4.90 Å². The Morgan fingerprint density at radius 3 is 1.86 bits per heavy atom. The third-order valence-electron chi connectivity index (χ3n) is 1.34. The zero-order valence-corrected chi connectivity index (χ0v) is 10.5. The molecule has 1 rings (SSSR count). The summed E-state index contributed by atoms with van der Waals surface area (Å²) in [5.41, 5.74) is 1.37. The maximum Gasteiger partial charge on any atom is 0.450 e. The summed E-state index contributed by atoms with van der Waals surface area (Å²) in [5.74, 6) is 0. The van der Waals surface area contributed by atoms with Crippen LogP contribution in [0.1, 0.15) is 5.56 Å². The second-order valence-electron chi connectivity index (χ2n) is 2.97. The number of hydrogen-bond donors (Lipinski definition) is 0. The van der Waals surface area contributed by atoms with Crippen LogP contribution in [0.3, 0.4) is 0 Å². The van der Waals surface area contributed by atoms with Gasteiger partial charge in [0.1, 0.15) is 0 Å². The van der Waals surface area contributed by atoms with Gasteiger partial charge in [-0.15, -0.1) is 0 Å². The first-order valence-electron chi connectivity index (χ1n) is 4.13. The fraction of sp³-hybridized carbons (Fsp3) is 0.333. The lowest BCUT2D eigenvalue weighted by Crippen LogP contribution is -2.10. The summed E-state index contributed by atoms with van der Waals surface area (Å²) in [6.45, 7) is 1.03. The highest BCUT2D eigenvalue weighted by molar-refractivity contribution is 7.54. The highest BCUT2D eigenvalue weighted by Crippen LogP contribution is 1.99. The van der Waals surface area contributed by atoms with Gasteiger partial charge in [0, 0.05) is 6.54 Å². The van der Waals surface area contributed by atoms with E-state index in [1.165, 1.54) is 5.56 Å². The Balaban J connectivity index is 0.000000364. The fourth-order valence-corrected chi connectivity index (χ4v) is 0.949. The minimum Gasteiger partial charge on any atom is -0.305 e. The zero-order valence-electron chi connectivity index (χ0n) is 8.25. The van der Waals surface area contributed by atoms with E-state index in [0.29, 0.717) is 0 Å². The van der Waals surface area contributed by atoms with E-state index in [1.807, 2.05) is 6.07 Å². The van der Waals surface area contributed by atoms with Gasteiger partial charge >= 0.3 is 4.96 Å². The van der Waals surface area contributed by atoms with Gasteiger partial charge in [0.05, 0.1) is 0 Å². The highest BCUT2D eigenvalue weighted by atomic mass is 35.6. The first-order chi connectivity index (χ1) is 6.52. The molecular weight excluding hydrogens is 239 g/mol. The summed E-state index contributed by atoms with van der Waals surface area (Å²) in [6.07, 6.45) is 0. The third kappa shape index (κ3) is 10.2. The fourth-order valence-electron chi connectivity index (χ4n) is 0.949. The van der Waals surface area contributed by atoms with Gasteiger partial charge in [-0.05, 0) is 19.7 Å². The summed E-state index contributed by atoms with van der Waals surface area (Å²) in [4.78, 5) is 1.41. The number of hydrogen-bond acceptors (Lipinski definition) is 1. The van der Waals surface area contributed by atoms with Gasteiger partial charge in [0.15, 0.2) is 0 Å². The molecule has 0 amide bonds. The maximum absolute atomic E-state index is 4.81. The van der Waals surface area contributed by atoms with E-state index in [4.69, 9.17) is 34.4 Å². The molecule has 78 valence electrons. The number of rotatable bonds is 2. The molecule has 5 heteroatoms. The van der Waals surface area contributed by atoms with E-state index in [2.05, 4.69) is 43.3 Å². The van der Waals surface area contributed by atoms with E-state index in [1.54, 1.807) is 0 Å². The second kappa shape index (κ2) is 8.43. The van der Waals surface area contributed by atoms with Crippen LogP contribution in [0.4, 0.5) is 0 Å². The van der Waals surface area contributed by atoms with Crippen molar-refractivity contribution in [2.24, 2.45) is 0 Å². The average Bonchev–Trinajstić information content (AvgIpc) is 2.03. The van der Waals surface area contributed by atoms with E-state index >= 15 is 0 Å². The molecule has 14 heavy (non-hydrogen) atoms. The van der Waals surface area contributed by atoms with Crippen molar-refractivity contribution >= 4 is 39.3 Å². The molecule has 1 nitrogen and oxygen atoms in total. The Labute approximate surface area is 101 Å². The van der Waals surface area contributed by atoms with Crippen LogP contribution in [-0.2, 0) is 6.54 Å². The smallest absolute Gasteiger partial charge is 0.305 e. The Bertz CT molecular complexity index is 226.